The van der Waals surface area contributed by atoms with E-state index < -0.39 is 0 Å². The maximum absolute atomic E-state index is 5.04. The Bertz CT molecular complexity index is 1360. The minimum atomic E-state index is 0.980. The number of fused-ring (bicyclic) bond motifs is 9. The van der Waals surface area contributed by atoms with Crippen LogP contribution in [0.5, 0.6) is 0 Å². The lowest BCUT2D eigenvalue weighted by molar-refractivity contribution is 1.15. The fourth-order valence-corrected chi connectivity index (χ4v) is 4.62. The van der Waals surface area contributed by atoms with Gasteiger partial charge in [-0.3, -0.25) is 4.98 Å². The first-order valence-electron chi connectivity index (χ1n) is 9.13. The third-order valence-corrected chi connectivity index (χ3v) is 5.85. The Balaban J connectivity index is 1.79. The molecule has 4 aromatic carbocycles. The predicted molar refractivity (Wildman–Crippen MR) is 110 cm³/mol. The second-order valence-electron chi connectivity index (χ2n) is 7.22. The van der Waals surface area contributed by atoms with Crippen molar-refractivity contribution >= 4 is 32.4 Å². The van der Waals surface area contributed by atoms with Crippen molar-refractivity contribution in [2.45, 2.75) is 13.3 Å². The topological polar surface area (TPSA) is 12.9 Å². The summed E-state index contributed by atoms with van der Waals surface area (Å²) in [5.74, 6) is 0. The van der Waals surface area contributed by atoms with Crippen LogP contribution in [0.3, 0.4) is 0 Å². The number of pyridine rings is 1. The van der Waals surface area contributed by atoms with Crippen molar-refractivity contribution in [3.05, 3.63) is 89.6 Å². The molecule has 0 atom stereocenters. The molecule has 26 heavy (non-hydrogen) atoms. The largest absolute Gasteiger partial charge is 0.252 e. The van der Waals surface area contributed by atoms with E-state index in [4.69, 9.17) is 4.98 Å². The summed E-state index contributed by atoms with van der Waals surface area (Å²) in [5.41, 5.74) is 7.88. The van der Waals surface area contributed by atoms with E-state index >= 15 is 0 Å². The van der Waals surface area contributed by atoms with Gasteiger partial charge in [0, 0.05) is 22.9 Å². The Kier molecular flexibility index (Phi) is 2.66. The SMILES string of the molecule is Cc1nc2c(ccc3ccccc32)c2c1Cc1c-2ccc2ccccc12. The first-order valence-corrected chi connectivity index (χ1v) is 9.13. The van der Waals surface area contributed by atoms with Crippen molar-refractivity contribution in [3.8, 4) is 11.1 Å². The van der Waals surface area contributed by atoms with Crippen molar-refractivity contribution in [2.75, 3.05) is 0 Å². The second-order valence-corrected chi connectivity index (χ2v) is 7.22. The van der Waals surface area contributed by atoms with Gasteiger partial charge >= 0.3 is 0 Å². The molecule has 1 nitrogen and oxygen atoms in total. The van der Waals surface area contributed by atoms with Crippen molar-refractivity contribution in [1.29, 1.82) is 0 Å². The Morgan fingerprint density at radius 1 is 0.654 bits per heavy atom. The Morgan fingerprint density at radius 2 is 1.35 bits per heavy atom. The number of benzene rings is 4. The molecular formula is C25H17N. The van der Waals surface area contributed by atoms with Crippen molar-refractivity contribution < 1.29 is 0 Å². The van der Waals surface area contributed by atoms with Gasteiger partial charge in [-0.25, -0.2) is 0 Å². The van der Waals surface area contributed by atoms with E-state index in [1.165, 1.54) is 49.2 Å². The number of nitrogens with zero attached hydrogens (tertiary/aromatic N) is 1. The zero-order chi connectivity index (χ0) is 17.3. The van der Waals surface area contributed by atoms with Crippen LogP contribution in [0.1, 0.15) is 16.8 Å². The highest BCUT2D eigenvalue weighted by atomic mass is 14.7. The van der Waals surface area contributed by atoms with E-state index in [0.29, 0.717) is 0 Å². The van der Waals surface area contributed by atoms with Crippen LogP contribution >= 0.6 is 0 Å². The zero-order valence-corrected chi connectivity index (χ0v) is 14.6. The van der Waals surface area contributed by atoms with Crippen LogP contribution in [0.2, 0.25) is 0 Å². The van der Waals surface area contributed by atoms with Gasteiger partial charge in [0.2, 0.25) is 0 Å². The summed E-state index contributed by atoms with van der Waals surface area (Å²) in [5, 5.41) is 6.46. The summed E-state index contributed by atoms with van der Waals surface area (Å²) in [6.07, 6.45) is 0.980. The molecule has 1 aliphatic rings. The molecule has 0 N–H and O–H groups in total. The molecule has 0 fully saturated rings. The summed E-state index contributed by atoms with van der Waals surface area (Å²) in [7, 11) is 0. The number of aromatic nitrogens is 1. The first-order chi connectivity index (χ1) is 12.8. The number of rotatable bonds is 0. The fraction of sp³-hybridized carbons (Fsp3) is 0.0800. The molecule has 0 bridgehead atoms. The summed E-state index contributed by atoms with van der Waals surface area (Å²) in [6, 6.07) is 26.3. The predicted octanol–water partition coefficient (Wildman–Crippen LogP) is 6.42. The summed E-state index contributed by atoms with van der Waals surface area (Å²) in [6.45, 7) is 2.16. The summed E-state index contributed by atoms with van der Waals surface area (Å²) >= 11 is 0. The first kappa shape index (κ1) is 14.0. The van der Waals surface area contributed by atoms with Crippen LogP contribution in [0.25, 0.3) is 43.6 Å². The molecule has 1 aromatic heterocycles. The van der Waals surface area contributed by atoms with Crippen LogP contribution in [-0.4, -0.2) is 4.98 Å². The van der Waals surface area contributed by atoms with E-state index in [9.17, 15) is 0 Å². The van der Waals surface area contributed by atoms with Gasteiger partial charge in [0.1, 0.15) is 0 Å². The van der Waals surface area contributed by atoms with Gasteiger partial charge in [-0.15, -0.1) is 0 Å². The van der Waals surface area contributed by atoms with Gasteiger partial charge in [-0.2, -0.15) is 0 Å². The van der Waals surface area contributed by atoms with Crippen molar-refractivity contribution in [1.82, 2.24) is 4.98 Å². The normalized spacial score (nSPS) is 12.7. The zero-order valence-electron chi connectivity index (χ0n) is 14.6. The molecular weight excluding hydrogens is 314 g/mol. The monoisotopic (exact) mass is 331 g/mol. The number of aryl methyl sites for hydroxylation is 1. The van der Waals surface area contributed by atoms with E-state index in [2.05, 4.69) is 79.7 Å². The molecule has 0 saturated carbocycles. The fourth-order valence-electron chi connectivity index (χ4n) is 4.62. The minimum absolute atomic E-state index is 0.980. The molecule has 1 aliphatic carbocycles. The van der Waals surface area contributed by atoms with Gasteiger partial charge in [-0.1, -0.05) is 72.8 Å². The molecule has 0 radical (unpaired) electrons. The van der Waals surface area contributed by atoms with Gasteiger partial charge in [0.15, 0.2) is 0 Å². The van der Waals surface area contributed by atoms with Crippen LogP contribution in [-0.2, 0) is 6.42 Å². The second kappa shape index (κ2) is 4.92. The van der Waals surface area contributed by atoms with Crippen LogP contribution in [0, 0.1) is 6.92 Å². The molecule has 5 aromatic rings. The van der Waals surface area contributed by atoms with Gasteiger partial charge in [-0.05, 0) is 45.3 Å². The lowest BCUT2D eigenvalue weighted by Crippen LogP contribution is -1.94. The minimum Gasteiger partial charge on any atom is -0.252 e. The maximum Gasteiger partial charge on any atom is 0.0789 e. The average molecular weight is 331 g/mol. The van der Waals surface area contributed by atoms with Crippen molar-refractivity contribution in [3.63, 3.8) is 0 Å². The number of hydrogen-bond acceptors (Lipinski definition) is 1. The van der Waals surface area contributed by atoms with Crippen LogP contribution in [0.4, 0.5) is 0 Å². The summed E-state index contributed by atoms with van der Waals surface area (Å²) in [4.78, 5) is 5.04. The molecule has 1 heterocycles. The Labute approximate surface area is 151 Å². The summed E-state index contributed by atoms with van der Waals surface area (Å²) < 4.78 is 0. The van der Waals surface area contributed by atoms with Gasteiger partial charge in [0.05, 0.1) is 5.52 Å². The molecule has 0 aliphatic heterocycles. The maximum atomic E-state index is 5.04. The molecule has 0 unspecified atom stereocenters. The van der Waals surface area contributed by atoms with E-state index in [1.54, 1.807) is 0 Å². The standard InChI is InChI=1S/C25H17N/c1-15-22-14-23-18-8-4-2-6-16(18)10-12-20(23)24(22)21-13-11-17-7-3-5-9-19(17)25(21)26-15/h2-13H,14H2,1H3. The molecule has 6 rings (SSSR count). The number of hydrogen-bond donors (Lipinski definition) is 0. The van der Waals surface area contributed by atoms with Crippen LogP contribution in [0.15, 0.2) is 72.8 Å². The van der Waals surface area contributed by atoms with Gasteiger partial charge < -0.3 is 0 Å². The third-order valence-electron chi connectivity index (χ3n) is 5.85. The lowest BCUT2D eigenvalue weighted by Gasteiger charge is -2.11. The highest BCUT2D eigenvalue weighted by Crippen LogP contribution is 2.45. The lowest BCUT2D eigenvalue weighted by atomic mass is 9.95. The van der Waals surface area contributed by atoms with E-state index in [-0.39, 0.29) is 0 Å². The molecule has 0 spiro atoms. The molecule has 122 valence electrons. The highest BCUT2D eigenvalue weighted by Gasteiger charge is 2.25. The Morgan fingerprint density at radius 3 is 2.19 bits per heavy atom. The smallest absolute Gasteiger partial charge is 0.0789 e. The highest BCUT2D eigenvalue weighted by molar-refractivity contribution is 6.12. The average Bonchev–Trinajstić information content (AvgIpc) is 3.09. The Hall–Kier alpha value is -3.19. The third kappa shape index (κ3) is 1.72. The molecule has 1 heteroatoms. The van der Waals surface area contributed by atoms with E-state index in [1.807, 2.05) is 0 Å². The van der Waals surface area contributed by atoms with E-state index in [0.717, 1.165) is 17.6 Å². The van der Waals surface area contributed by atoms with Crippen LogP contribution < -0.4 is 0 Å². The molecule has 0 saturated heterocycles. The van der Waals surface area contributed by atoms with Crippen molar-refractivity contribution in [2.24, 2.45) is 0 Å². The quantitative estimate of drug-likeness (QED) is 0.293. The van der Waals surface area contributed by atoms with Gasteiger partial charge in [0.25, 0.3) is 0 Å². The molecule has 0 amide bonds.